The maximum absolute atomic E-state index is 12.2. The van der Waals surface area contributed by atoms with Gasteiger partial charge in [-0.05, 0) is 31.8 Å². The molecular formula is C14H17N3OS. The maximum atomic E-state index is 12.2. The van der Waals surface area contributed by atoms with E-state index in [4.69, 9.17) is 0 Å². The number of rotatable bonds is 4. The van der Waals surface area contributed by atoms with E-state index < -0.39 is 0 Å². The third-order valence-corrected chi connectivity index (χ3v) is 3.73. The Labute approximate surface area is 117 Å². The highest BCUT2D eigenvalue weighted by Gasteiger charge is 2.18. The number of hydrogen-bond donors (Lipinski definition) is 1. The number of carbonyl (C=O) groups is 1. The Balaban J connectivity index is 2.27. The molecule has 2 rings (SSSR count). The van der Waals surface area contributed by atoms with E-state index in [1.165, 1.54) is 5.56 Å². The average Bonchev–Trinajstić information content (AvgIpc) is 2.88. The number of nitrogens with one attached hydrogen (secondary N) is 1. The van der Waals surface area contributed by atoms with Crippen molar-refractivity contribution < 1.29 is 4.79 Å². The molecule has 1 aromatic carbocycles. The Kier molecular flexibility index (Phi) is 4.27. The van der Waals surface area contributed by atoms with E-state index in [0.717, 1.165) is 23.5 Å². The second-order valence-corrected chi connectivity index (χ2v) is 5.35. The Hall–Kier alpha value is -1.75. The van der Waals surface area contributed by atoms with Crippen molar-refractivity contribution >= 4 is 17.4 Å². The van der Waals surface area contributed by atoms with Crippen LogP contribution in [-0.2, 0) is 0 Å². The fourth-order valence-corrected chi connectivity index (χ4v) is 2.22. The van der Waals surface area contributed by atoms with Gasteiger partial charge >= 0.3 is 0 Å². The van der Waals surface area contributed by atoms with E-state index in [1.807, 2.05) is 45.0 Å². The van der Waals surface area contributed by atoms with Crippen LogP contribution in [0, 0.1) is 6.92 Å². The smallest absolute Gasteiger partial charge is 0.265 e. The summed E-state index contributed by atoms with van der Waals surface area (Å²) in [6.45, 7) is 6.05. The summed E-state index contributed by atoms with van der Waals surface area (Å²) in [5, 5.41) is 7.02. The second kappa shape index (κ2) is 5.93. The molecule has 19 heavy (non-hydrogen) atoms. The largest absolute Gasteiger partial charge is 0.349 e. The van der Waals surface area contributed by atoms with Gasteiger partial charge in [0.2, 0.25) is 0 Å². The van der Waals surface area contributed by atoms with Crippen molar-refractivity contribution in [3.05, 3.63) is 34.7 Å². The first-order chi connectivity index (χ1) is 9.11. The molecule has 0 aliphatic heterocycles. The summed E-state index contributed by atoms with van der Waals surface area (Å²) in [6.07, 6.45) is 0.901. The fraction of sp³-hybridized carbons (Fsp3) is 0.357. The molecule has 2 aromatic rings. The van der Waals surface area contributed by atoms with Crippen LogP contribution >= 0.6 is 11.5 Å². The molecule has 1 amide bonds. The van der Waals surface area contributed by atoms with Crippen LogP contribution in [0.3, 0.4) is 0 Å². The first-order valence-corrected chi connectivity index (χ1v) is 7.09. The molecule has 1 aromatic heterocycles. The summed E-state index contributed by atoms with van der Waals surface area (Å²) in [4.78, 5) is 12.7. The number of aromatic nitrogens is 2. The normalized spacial score (nSPS) is 12.2. The summed E-state index contributed by atoms with van der Waals surface area (Å²) < 4.78 is 3.91. The van der Waals surface area contributed by atoms with Crippen LogP contribution in [0.5, 0.6) is 0 Å². The quantitative estimate of drug-likeness (QED) is 0.933. The summed E-state index contributed by atoms with van der Waals surface area (Å²) in [6, 6.07) is 8.09. The lowest BCUT2D eigenvalue weighted by Crippen LogP contribution is -2.31. The molecule has 0 aliphatic rings. The van der Waals surface area contributed by atoms with E-state index in [-0.39, 0.29) is 11.9 Å². The number of carbonyl (C=O) groups excluding carboxylic acids is 1. The molecule has 1 heterocycles. The molecule has 0 spiro atoms. The Morgan fingerprint density at radius 2 is 2.05 bits per heavy atom. The van der Waals surface area contributed by atoms with Crippen molar-refractivity contribution in [2.24, 2.45) is 0 Å². The molecule has 0 saturated carbocycles. The molecule has 100 valence electrons. The first kappa shape index (κ1) is 13.7. The summed E-state index contributed by atoms with van der Waals surface area (Å²) in [5.74, 6) is -0.0973. The minimum atomic E-state index is -0.0973. The van der Waals surface area contributed by atoms with Crippen molar-refractivity contribution in [3.63, 3.8) is 0 Å². The minimum absolute atomic E-state index is 0.0973. The van der Waals surface area contributed by atoms with Crippen molar-refractivity contribution in [1.29, 1.82) is 0 Å². The number of aryl methyl sites for hydroxylation is 1. The molecule has 1 atom stereocenters. The highest BCUT2D eigenvalue weighted by atomic mass is 32.1. The summed E-state index contributed by atoms with van der Waals surface area (Å²) >= 11 is 1.14. The molecule has 0 saturated heterocycles. The molecule has 1 N–H and O–H groups in total. The molecular weight excluding hydrogens is 258 g/mol. The van der Waals surface area contributed by atoms with E-state index in [0.29, 0.717) is 10.6 Å². The highest BCUT2D eigenvalue weighted by molar-refractivity contribution is 7.08. The van der Waals surface area contributed by atoms with Gasteiger partial charge in [0.15, 0.2) is 0 Å². The third kappa shape index (κ3) is 3.17. The van der Waals surface area contributed by atoms with Crippen LogP contribution < -0.4 is 5.32 Å². The Bertz CT molecular complexity index is 562. The highest BCUT2D eigenvalue weighted by Crippen LogP contribution is 2.24. The average molecular weight is 275 g/mol. The predicted molar refractivity (Wildman–Crippen MR) is 77.3 cm³/mol. The molecule has 0 aliphatic carbocycles. The molecule has 0 radical (unpaired) electrons. The van der Waals surface area contributed by atoms with Gasteiger partial charge in [-0.2, -0.15) is 0 Å². The minimum Gasteiger partial charge on any atom is -0.349 e. The van der Waals surface area contributed by atoms with E-state index in [2.05, 4.69) is 14.9 Å². The monoisotopic (exact) mass is 275 g/mol. The number of benzene rings is 1. The second-order valence-electron chi connectivity index (χ2n) is 4.60. The number of amides is 1. The van der Waals surface area contributed by atoms with Crippen LogP contribution in [0.15, 0.2) is 24.3 Å². The molecule has 0 bridgehead atoms. The van der Waals surface area contributed by atoms with Gasteiger partial charge in [0.1, 0.15) is 10.6 Å². The van der Waals surface area contributed by atoms with Gasteiger partial charge in [0.05, 0.1) is 0 Å². The van der Waals surface area contributed by atoms with Gasteiger partial charge in [-0.1, -0.05) is 41.2 Å². The maximum Gasteiger partial charge on any atom is 0.265 e. The lowest BCUT2D eigenvalue weighted by Gasteiger charge is -2.10. The van der Waals surface area contributed by atoms with Crippen LogP contribution in [0.2, 0.25) is 0 Å². The van der Waals surface area contributed by atoms with Gasteiger partial charge < -0.3 is 5.32 Å². The van der Waals surface area contributed by atoms with Crippen LogP contribution in [0.4, 0.5) is 0 Å². The fourth-order valence-electron chi connectivity index (χ4n) is 1.63. The van der Waals surface area contributed by atoms with Crippen LogP contribution in [0.25, 0.3) is 11.3 Å². The molecule has 0 unspecified atom stereocenters. The number of hydrogen-bond acceptors (Lipinski definition) is 4. The van der Waals surface area contributed by atoms with Crippen molar-refractivity contribution in [2.45, 2.75) is 33.2 Å². The van der Waals surface area contributed by atoms with Gasteiger partial charge in [-0.15, -0.1) is 5.10 Å². The zero-order valence-corrected chi connectivity index (χ0v) is 12.1. The SMILES string of the molecule is CC[C@H](C)NC(=O)c1snnc1-c1ccc(C)cc1. The lowest BCUT2D eigenvalue weighted by molar-refractivity contribution is 0.0944. The zero-order chi connectivity index (χ0) is 13.8. The van der Waals surface area contributed by atoms with Gasteiger partial charge in [0.25, 0.3) is 5.91 Å². The Morgan fingerprint density at radius 1 is 1.37 bits per heavy atom. The standard InChI is InChI=1S/C14H17N3OS/c1-4-10(3)15-14(18)13-12(16-17-19-13)11-7-5-9(2)6-8-11/h5-8,10H,4H2,1-3H3,(H,15,18)/t10-/m0/s1. The first-order valence-electron chi connectivity index (χ1n) is 6.32. The van der Waals surface area contributed by atoms with Crippen LogP contribution in [0.1, 0.15) is 35.5 Å². The summed E-state index contributed by atoms with van der Waals surface area (Å²) in [5.41, 5.74) is 2.76. The zero-order valence-electron chi connectivity index (χ0n) is 11.3. The van der Waals surface area contributed by atoms with E-state index >= 15 is 0 Å². The predicted octanol–water partition coefficient (Wildman–Crippen LogP) is 3.04. The molecule has 0 fully saturated rings. The van der Waals surface area contributed by atoms with Crippen molar-refractivity contribution in [3.8, 4) is 11.3 Å². The van der Waals surface area contributed by atoms with Crippen molar-refractivity contribution in [2.75, 3.05) is 0 Å². The van der Waals surface area contributed by atoms with Gasteiger partial charge in [-0.25, -0.2) is 0 Å². The van der Waals surface area contributed by atoms with E-state index in [9.17, 15) is 4.79 Å². The van der Waals surface area contributed by atoms with Crippen molar-refractivity contribution in [1.82, 2.24) is 14.9 Å². The van der Waals surface area contributed by atoms with E-state index in [1.54, 1.807) is 0 Å². The number of nitrogens with zero attached hydrogens (tertiary/aromatic N) is 2. The Morgan fingerprint density at radius 3 is 2.68 bits per heavy atom. The van der Waals surface area contributed by atoms with Gasteiger partial charge in [0, 0.05) is 11.6 Å². The van der Waals surface area contributed by atoms with Gasteiger partial charge in [-0.3, -0.25) is 4.79 Å². The molecule has 5 heteroatoms. The lowest BCUT2D eigenvalue weighted by atomic mass is 10.1. The third-order valence-electron chi connectivity index (χ3n) is 3.01. The molecule has 4 nitrogen and oxygen atoms in total. The summed E-state index contributed by atoms with van der Waals surface area (Å²) in [7, 11) is 0. The topological polar surface area (TPSA) is 54.9 Å². The van der Waals surface area contributed by atoms with Crippen LogP contribution in [-0.4, -0.2) is 21.5 Å².